The summed E-state index contributed by atoms with van der Waals surface area (Å²) in [5.41, 5.74) is 2.70. The van der Waals surface area contributed by atoms with E-state index in [1.165, 1.54) is 0 Å². The minimum atomic E-state index is -0.362. The zero-order valence-corrected chi connectivity index (χ0v) is 16.3. The normalized spacial score (nSPS) is 22.2. The smallest absolute Gasteiger partial charge is 0.139 e. The predicted molar refractivity (Wildman–Crippen MR) is 106 cm³/mol. The van der Waals surface area contributed by atoms with E-state index in [1.807, 2.05) is 45.0 Å². The van der Waals surface area contributed by atoms with Crippen molar-refractivity contribution >= 4 is 6.08 Å². The molecule has 4 nitrogen and oxygen atoms in total. The first kappa shape index (κ1) is 17.9. The van der Waals surface area contributed by atoms with Gasteiger partial charge in [0.2, 0.25) is 0 Å². The Hall–Kier alpha value is -2.46. The van der Waals surface area contributed by atoms with Crippen LogP contribution in [-0.4, -0.2) is 19.3 Å². The molecule has 0 aromatic heterocycles. The van der Waals surface area contributed by atoms with Gasteiger partial charge in [-0.3, -0.25) is 0 Å². The van der Waals surface area contributed by atoms with Crippen LogP contribution in [0.3, 0.4) is 0 Å². The standard InChI is InChI=1S/C23H26O4/c1-5-25-19-13-17(15-9-7-6-8-10-15)26-20-14-18-16(22(24-4)21(19)20)11-12-23(2,3)27-18/h6-12,14,17,19H,5,13H2,1-4H3/t17-,19+/m0/s1. The lowest BCUT2D eigenvalue weighted by molar-refractivity contribution is 0.00365. The Labute approximate surface area is 160 Å². The first-order chi connectivity index (χ1) is 13.0. The summed E-state index contributed by atoms with van der Waals surface area (Å²) in [6, 6.07) is 12.3. The number of ether oxygens (including phenoxy) is 4. The van der Waals surface area contributed by atoms with Crippen LogP contribution >= 0.6 is 0 Å². The predicted octanol–water partition coefficient (Wildman–Crippen LogP) is 5.48. The van der Waals surface area contributed by atoms with Crippen LogP contribution in [0.15, 0.2) is 42.5 Å². The zero-order chi connectivity index (χ0) is 19.0. The van der Waals surface area contributed by atoms with Gasteiger partial charge in [0.15, 0.2) is 0 Å². The summed E-state index contributed by atoms with van der Waals surface area (Å²) in [6.45, 7) is 6.72. The number of rotatable bonds is 4. The highest BCUT2D eigenvalue weighted by Gasteiger charge is 2.36. The number of fused-ring (bicyclic) bond motifs is 2. The molecular weight excluding hydrogens is 340 g/mol. The van der Waals surface area contributed by atoms with Crippen LogP contribution in [0.1, 0.15) is 56.1 Å². The number of benzene rings is 2. The van der Waals surface area contributed by atoms with Crippen molar-refractivity contribution in [2.75, 3.05) is 13.7 Å². The topological polar surface area (TPSA) is 36.9 Å². The van der Waals surface area contributed by atoms with E-state index in [-0.39, 0.29) is 17.8 Å². The molecule has 0 spiro atoms. The number of hydrogen-bond acceptors (Lipinski definition) is 4. The van der Waals surface area contributed by atoms with E-state index in [0.717, 1.165) is 40.4 Å². The number of hydrogen-bond donors (Lipinski definition) is 0. The molecule has 0 fully saturated rings. The van der Waals surface area contributed by atoms with E-state index < -0.39 is 0 Å². The van der Waals surface area contributed by atoms with Gasteiger partial charge in [-0.25, -0.2) is 0 Å². The lowest BCUT2D eigenvalue weighted by Crippen LogP contribution is -2.28. The fourth-order valence-electron chi connectivity index (χ4n) is 3.85. The molecule has 2 aliphatic heterocycles. The Bertz CT molecular complexity index is 854. The van der Waals surface area contributed by atoms with Crippen molar-refractivity contribution in [2.24, 2.45) is 0 Å². The maximum atomic E-state index is 6.41. The third-order valence-electron chi connectivity index (χ3n) is 5.07. The van der Waals surface area contributed by atoms with Gasteiger partial charge in [0.1, 0.15) is 29.0 Å². The maximum Gasteiger partial charge on any atom is 0.139 e. The highest BCUT2D eigenvalue weighted by molar-refractivity contribution is 5.72. The minimum absolute atomic E-state index is 0.0647. The van der Waals surface area contributed by atoms with Gasteiger partial charge in [-0.1, -0.05) is 30.3 Å². The van der Waals surface area contributed by atoms with E-state index in [4.69, 9.17) is 18.9 Å². The van der Waals surface area contributed by atoms with Gasteiger partial charge in [0, 0.05) is 19.1 Å². The molecule has 0 radical (unpaired) electrons. The number of methoxy groups -OCH3 is 1. The first-order valence-corrected chi connectivity index (χ1v) is 9.48. The van der Waals surface area contributed by atoms with Crippen molar-refractivity contribution in [1.82, 2.24) is 0 Å². The Morgan fingerprint density at radius 1 is 1.15 bits per heavy atom. The van der Waals surface area contributed by atoms with Crippen molar-refractivity contribution < 1.29 is 18.9 Å². The van der Waals surface area contributed by atoms with Crippen LogP contribution in [-0.2, 0) is 4.74 Å². The Balaban J connectivity index is 1.83. The molecule has 0 saturated heterocycles. The van der Waals surface area contributed by atoms with Gasteiger partial charge in [0.05, 0.1) is 24.3 Å². The molecule has 0 aliphatic carbocycles. The van der Waals surface area contributed by atoms with Crippen LogP contribution in [0.25, 0.3) is 6.08 Å². The molecule has 2 aromatic rings. The third kappa shape index (κ3) is 3.30. The first-order valence-electron chi connectivity index (χ1n) is 9.48. The van der Waals surface area contributed by atoms with Gasteiger partial charge in [-0.15, -0.1) is 0 Å². The summed E-state index contributed by atoms with van der Waals surface area (Å²) in [5.74, 6) is 2.33. The van der Waals surface area contributed by atoms with E-state index in [9.17, 15) is 0 Å². The van der Waals surface area contributed by atoms with Crippen LogP contribution in [0.2, 0.25) is 0 Å². The highest BCUT2D eigenvalue weighted by atomic mass is 16.5. The summed E-state index contributed by atoms with van der Waals surface area (Å²) in [5, 5.41) is 0. The van der Waals surface area contributed by atoms with E-state index in [0.29, 0.717) is 6.61 Å². The quantitative estimate of drug-likeness (QED) is 0.718. The third-order valence-corrected chi connectivity index (χ3v) is 5.07. The molecule has 4 heteroatoms. The molecule has 0 saturated carbocycles. The van der Waals surface area contributed by atoms with E-state index >= 15 is 0 Å². The molecule has 0 unspecified atom stereocenters. The van der Waals surface area contributed by atoms with Gasteiger partial charge in [-0.05, 0) is 38.5 Å². The molecule has 2 atom stereocenters. The monoisotopic (exact) mass is 366 g/mol. The van der Waals surface area contributed by atoms with Crippen molar-refractivity contribution in [3.63, 3.8) is 0 Å². The summed E-state index contributed by atoms with van der Waals surface area (Å²) >= 11 is 0. The fourth-order valence-corrected chi connectivity index (χ4v) is 3.85. The second-order valence-electron chi connectivity index (χ2n) is 7.47. The van der Waals surface area contributed by atoms with Crippen LogP contribution < -0.4 is 14.2 Å². The van der Waals surface area contributed by atoms with Crippen molar-refractivity contribution in [3.8, 4) is 17.2 Å². The minimum Gasteiger partial charge on any atom is -0.495 e. The molecule has 2 aliphatic rings. The van der Waals surface area contributed by atoms with Gasteiger partial charge < -0.3 is 18.9 Å². The largest absolute Gasteiger partial charge is 0.495 e. The SMILES string of the molecule is CCO[C@@H]1C[C@@H](c2ccccc2)Oc2cc3c(c(OC)c21)C=CC(C)(C)O3. The Morgan fingerprint density at radius 2 is 1.93 bits per heavy atom. The summed E-state index contributed by atoms with van der Waals surface area (Å²) < 4.78 is 24.5. The molecule has 2 heterocycles. The Kier molecular flexibility index (Phi) is 4.60. The molecule has 0 amide bonds. The molecule has 142 valence electrons. The molecule has 27 heavy (non-hydrogen) atoms. The fraction of sp³-hybridized carbons (Fsp3) is 0.391. The van der Waals surface area contributed by atoms with Gasteiger partial charge in [0.25, 0.3) is 0 Å². The summed E-state index contributed by atoms with van der Waals surface area (Å²) in [7, 11) is 1.69. The maximum absolute atomic E-state index is 6.41. The zero-order valence-electron chi connectivity index (χ0n) is 16.3. The summed E-state index contributed by atoms with van der Waals surface area (Å²) in [4.78, 5) is 0. The van der Waals surface area contributed by atoms with Gasteiger partial charge >= 0.3 is 0 Å². The van der Waals surface area contributed by atoms with Gasteiger partial charge in [-0.2, -0.15) is 0 Å². The van der Waals surface area contributed by atoms with Crippen molar-refractivity contribution in [3.05, 3.63) is 59.2 Å². The molecule has 4 rings (SSSR count). The van der Waals surface area contributed by atoms with Crippen LogP contribution in [0.5, 0.6) is 17.2 Å². The molecule has 0 N–H and O–H groups in total. The second-order valence-corrected chi connectivity index (χ2v) is 7.47. The molecular formula is C23H26O4. The van der Waals surface area contributed by atoms with Crippen LogP contribution in [0, 0.1) is 0 Å². The van der Waals surface area contributed by atoms with Crippen molar-refractivity contribution in [1.29, 1.82) is 0 Å². The molecule has 0 bridgehead atoms. The lowest BCUT2D eigenvalue weighted by Gasteiger charge is -2.36. The van der Waals surface area contributed by atoms with E-state index in [2.05, 4.69) is 24.3 Å². The Morgan fingerprint density at radius 3 is 2.63 bits per heavy atom. The highest BCUT2D eigenvalue weighted by Crippen LogP contribution is 2.52. The van der Waals surface area contributed by atoms with Crippen molar-refractivity contribution in [2.45, 2.75) is 45.0 Å². The second kappa shape index (κ2) is 6.93. The lowest BCUT2D eigenvalue weighted by atomic mass is 9.91. The summed E-state index contributed by atoms with van der Waals surface area (Å²) in [6.07, 6.45) is 4.72. The molecule has 2 aromatic carbocycles. The average molecular weight is 366 g/mol. The van der Waals surface area contributed by atoms with Crippen LogP contribution in [0.4, 0.5) is 0 Å². The average Bonchev–Trinajstić information content (AvgIpc) is 2.66. The van der Waals surface area contributed by atoms with E-state index in [1.54, 1.807) is 7.11 Å².